The molecule has 106 valence electrons. The molecule has 2 aromatic heterocycles. The molecule has 0 aliphatic carbocycles. The molecule has 0 aliphatic rings. The molecule has 0 saturated carbocycles. The van der Waals surface area contributed by atoms with E-state index in [0.717, 1.165) is 10.9 Å². The van der Waals surface area contributed by atoms with Crippen LogP contribution in [0.1, 0.15) is 38.4 Å². The standard InChI is InChI=1S/C15H18BrN3O/c1-4-14(2,3)15(20,11-7-17-10-18-8-11)13-6-5-12(16)9-19-13/h5-10,20H,4H2,1-3H3. The van der Waals surface area contributed by atoms with Crippen molar-refractivity contribution in [2.45, 2.75) is 32.8 Å². The molecule has 0 fully saturated rings. The summed E-state index contributed by atoms with van der Waals surface area (Å²) in [6.07, 6.45) is 7.23. The topological polar surface area (TPSA) is 58.9 Å². The maximum atomic E-state index is 11.4. The Morgan fingerprint density at radius 3 is 2.30 bits per heavy atom. The number of nitrogens with zero attached hydrogens (tertiary/aromatic N) is 3. The van der Waals surface area contributed by atoms with E-state index in [4.69, 9.17) is 0 Å². The van der Waals surface area contributed by atoms with Crippen LogP contribution in [0.2, 0.25) is 0 Å². The molecule has 1 atom stereocenters. The summed E-state index contributed by atoms with van der Waals surface area (Å²) in [6.45, 7) is 6.08. The summed E-state index contributed by atoms with van der Waals surface area (Å²) >= 11 is 3.37. The van der Waals surface area contributed by atoms with Crippen LogP contribution in [0.25, 0.3) is 0 Å². The second-order valence-corrected chi connectivity index (χ2v) is 6.35. The fraction of sp³-hybridized carbons (Fsp3) is 0.400. The SMILES string of the molecule is CCC(C)(C)C(O)(c1cncnc1)c1ccc(Br)cn1. The van der Waals surface area contributed by atoms with Gasteiger partial charge in [-0.25, -0.2) is 9.97 Å². The molecule has 4 nitrogen and oxygen atoms in total. The Balaban J connectivity index is 2.64. The van der Waals surface area contributed by atoms with Crippen LogP contribution in [0.4, 0.5) is 0 Å². The van der Waals surface area contributed by atoms with Gasteiger partial charge in [0.2, 0.25) is 0 Å². The van der Waals surface area contributed by atoms with Crippen molar-refractivity contribution in [2.75, 3.05) is 0 Å². The molecule has 0 aromatic carbocycles. The Morgan fingerprint density at radius 2 is 1.80 bits per heavy atom. The molecule has 0 saturated heterocycles. The minimum atomic E-state index is -1.23. The first-order valence-corrected chi connectivity index (χ1v) is 7.31. The third kappa shape index (κ3) is 2.47. The zero-order chi connectivity index (χ0) is 14.8. The van der Waals surface area contributed by atoms with Crippen molar-refractivity contribution in [3.8, 4) is 0 Å². The third-order valence-electron chi connectivity index (χ3n) is 3.94. The molecular weight excluding hydrogens is 318 g/mol. The van der Waals surface area contributed by atoms with Crippen molar-refractivity contribution in [3.63, 3.8) is 0 Å². The van der Waals surface area contributed by atoms with E-state index in [1.54, 1.807) is 18.6 Å². The van der Waals surface area contributed by atoms with E-state index < -0.39 is 11.0 Å². The van der Waals surface area contributed by atoms with Gasteiger partial charge in [0.25, 0.3) is 0 Å². The van der Waals surface area contributed by atoms with Crippen molar-refractivity contribution in [1.29, 1.82) is 0 Å². The number of pyridine rings is 1. The van der Waals surface area contributed by atoms with E-state index in [0.29, 0.717) is 11.3 Å². The third-order valence-corrected chi connectivity index (χ3v) is 4.41. The largest absolute Gasteiger partial charge is 0.378 e. The monoisotopic (exact) mass is 335 g/mol. The van der Waals surface area contributed by atoms with Gasteiger partial charge in [-0.2, -0.15) is 0 Å². The highest BCUT2D eigenvalue weighted by Crippen LogP contribution is 2.45. The molecule has 5 heteroatoms. The predicted molar refractivity (Wildman–Crippen MR) is 81.0 cm³/mol. The number of hydrogen-bond acceptors (Lipinski definition) is 4. The zero-order valence-electron chi connectivity index (χ0n) is 11.8. The second-order valence-electron chi connectivity index (χ2n) is 5.44. The summed E-state index contributed by atoms with van der Waals surface area (Å²) in [5.41, 5.74) is -0.383. The summed E-state index contributed by atoms with van der Waals surface area (Å²) in [4.78, 5) is 12.5. The lowest BCUT2D eigenvalue weighted by Gasteiger charge is -2.41. The van der Waals surface area contributed by atoms with Gasteiger partial charge in [0, 0.05) is 34.0 Å². The average Bonchev–Trinajstić information content (AvgIpc) is 2.48. The lowest BCUT2D eigenvalue weighted by atomic mass is 9.68. The highest BCUT2D eigenvalue weighted by molar-refractivity contribution is 9.10. The Morgan fingerprint density at radius 1 is 1.15 bits per heavy atom. The van der Waals surface area contributed by atoms with Crippen LogP contribution in [-0.2, 0) is 5.60 Å². The highest BCUT2D eigenvalue weighted by Gasteiger charge is 2.46. The first kappa shape index (κ1) is 15.1. The van der Waals surface area contributed by atoms with Gasteiger partial charge in [-0.15, -0.1) is 0 Å². The van der Waals surface area contributed by atoms with Crippen LogP contribution in [0, 0.1) is 5.41 Å². The van der Waals surface area contributed by atoms with Crippen molar-refractivity contribution in [2.24, 2.45) is 5.41 Å². The van der Waals surface area contributed by atoms with E-state index in [-0.39, 0.29) is 0 Å². The van der Waals surface area contributed by atoms with E-state index in [2.05, 4.69) is 30.9 Å². The van der Waals surface area contributed by atoms with E-state index in [9.17, 15) is 5.11 Å². The van der Waals surface area contributed by atoms with Gasteiger partial charge in [-0.3, -0.25) is 4.98 Å². The van der Waals surface area contributed by atoms with Gasteiger partial charge in [-0.1, -0.05) is 20.8 Å². The molecule has 0 radical (unpaired) electrons. The molecule has 2 rings (SSSR count). The molecule has 0 amide bonds. The summed E-state index contributed by atoms with van der Waals surface area (Å²) < 4.78 is 0.877. The lowest BCUT2D eigenvalue weighted by Crippen LogP contribution is -2.43. The quantitative estimate of drug-likeness (QED) is 0.931. The number of aromatic nitrogens is 3. The van der Waals surface area contributed by atoms with Crippen molar-refractivity contribution >= 4 is 15.9 Å². The average molecular weight is 336 g/mol. The smallest absolute Gasteiger partial charge is 0.139 e. The molecule has 1 unspecified atom stereocenters. The summed E-state index contributed by atoms with van der Waals surface area (Å²) in [7, 11) is 0. The number of halogens is 1. The summed E-state index contributed by atoms with van der Waals surface area (Å²) in [5, 5.41) is 11.4. The Bertz CT molecular complexity index is 571. The van der Waals surface area contributed by atoms with Gasteiger partial charge in [0.15, 0.2) is 0 Å². The predicted octanol–water partition coefficient (Wildman–Crippen LogP) is 3.31. The Kier molecular flexibility index (Phi) is 4.20. The molecule has 2 heterocycles. The Labute approximate surface area is 127 Å². The number of hydrogen-bond donors (Lipinski definition) is 1. The molecule has 0 aliphatic heterocycles. The van der Waals surface area contributed by atoms with Gasteiger partial charge < -0.3 is 5.11 Å². The normalized spacial score (nSPS) is 14.8. The van der Waals surface area contributed by atoms with Gasteiger partial charge in [0.05, 0.1) is 5.69 Å². The van der Waals surface area contributed by atoms with Crippen molar-refractivity contribution in [1.82, 2.24) is 15.0 Å². The van der Waals surface area contributed by atoms with Gasteiger partial charge in [0.1, 0.15) is 11.9 Å². The molecule has 0 bridgehead atoms. The fourth-order valence-electron chi connectivity index (χ4n) is 2.22. The van der Waals surface area contributed by atoms with Crippen LogP contribution in [0.15, 0.2) is 41.5 Å². The number of aliphatic hydroxyl groups is 1. The summed E-state index contributed by atoms with van der Waals surface area (Å²) in [5.74, 6) is 0. The molecule has 2 aromatic rings. The first-order valence-electron chi connectivity index (χ1n) is 6.51. The minimum absolute atomic E-state index is 0.404. The van der Waals surface area contributed by atoms with Crippen LogP contribution in [0.5, 0.6) is 0 Å². The fourth-order valence-corrected chi connectivity index (χ4v) is 2.45. The second kappa shape index (κ2) is 5.58. The summed E-state index contributed by atoms with van der Waals surface area (Å²) in [6, 6.07) is 3.71. The van der Waals surface area contributed by atoms with Crippen LogP contribution in [-0.4, -0.2) is 20.1 Å². The van der Waals surface area contributed by atoms with Gasteiger partial charge >= 0.3 is 0 Å². The highest BCUT2D eigenvalue weighted by atomic mass is 79.9. The van der Waals surface area contributed by atoms with E-state index in [1.165, 1.54) is 6.33 Å². The molecule has 20 heavy (non-hydrogen) atoms. The molecule has 0 spiro atoms. The molecular formula is C15H18BrN3O. The Hall–Kier alpha value is -1.33. The van der Waals surface area contributed by atoms with Gasteiger partial charge in [-0.05, 0) is 34.5 Å². The van der Waals surface area contributed by atoms with E-state index >= 15 is 0 Å². The lowest BCUT2D eigenvalue weighted by molar-refractivity contribution is -0.0429. The van der Waals surface area contributed by atoms with E-state index in [1.807, 2.05) is 32.9 Å². The minimum Gasteiger partial charge on any atom is -0.378 e. The maximum absolute atomic E-state index is 11.4. The maximum Gasteiger partial charge on any atom is 0.139 e. The van der Waals surface area contributed by atoms with Crippen LogP contribution in [0.3, 0.4) is 0 Å². The number of rotatable bonds is 4. The molecule has 1 N–H and O–H groups in total. The van der Waals surface area contributed by atoms with Crippen LogP contribution >= 0.6 is 15.9 Å². The van der Waals surface area contributed by atoms with Crippen LogP contribution < -0.4 is 0 Å². The zero-order valence-corrected chi connectivity index (χ0v) is 13.4. The first-order chi connectivity index (χ1) is 9.41. The van der Waals surface area contributed by atoms with Crippen molar-refractivity contribution in [3.05, 3.63) is 52.8 Å². The van der Waals surface area contributed by atoms with Crippen molar-refractivity contribution < 1.29 is 5.11 Å².